The van der Waals surface area contributed by atoms with Crippen molar-refractivity contribution in [2.75, 3.05) is 5.32 Å². The molecule has 0 unspecified atom stereocenters. The van der Waals surface area contributed by atoms with Crippen molar-refractivity contribution in [2.45, 2.75) is 31.5 Å². The summed E-state index contributed by atoms with van der Waals surface area (Å²) in [5, 5.41) is 4.95. The molecule has 0 bridgehead atoms. The summed E-state index contributed by atoms with van der Waals surface area (Å²) >= 11 is 2.99. The summed E-state index contributed by atoms with van der Waals surface area (Å²) in [6.07, 6.45) is 6.04. The standard InChI is InChI=1S/C19H15N3O3S2/c23-16(15-10-12-17(27-15)21-18-22(12)7-8-26-18)20-11-3-4-13-14(9-11)25-19(24-13)5-1-2-6-19/h3-4,7-10H,1-2,5-6H2,(H,20,23). The summed E-state index contributed by atoms with van der Waals surface area (Å²) in [5.74, 6) is 0.828. The Morgan fingerprint density at radius 1 is 1.19 bits per heavy atom. The number of imidazole rings is 1. The number of thiazole rings is 1. The molecule has 0 atom stereocenters. The number of nitrogens with one attached hydrogen (secondary N) is 1. The number of hydrogen-bond donors (Lipinski definition) is 1. The van der Waals surface area contributed by atoms with Gasteiger partial charge in [-0.25, -0.2) is 4.98 Å². The zero-order chi connectivity index (χ0) is 18.0. The van der Waals surface area contributed by atoms with Crippen LogP contribution < -0.4 is 14.8 Å². The Labute approximate surface area is 162 Å². The molecule has 1 N–H and O–H groups in total. The number of hydrogen-bond acceptors (Lipinski definition) is 6. The Kier molecular flexibility index (Phi) is 3.13. The van der Waals surface area contributed by atoms with Crippen molar-refractivity contribution in [3.8, 4) is 11.5 Å². The molecule has 2 aliphatic rings. The van der Waals surface area contributed by atoms with Crippen LogP contribution in [0.25, 0.3) is 15.3 Å². The molecule has 6 nitrogen and oxygen atoms in total. The zero-order valence-electron chi connectivity index (χ0n) is 14.2. The van der Waals surface area contributed by atoms with Crippen LogP contribution in [-0.2, 0) is 0 Å². The number of carbonyl (C=O) groups excluding carboxylic acids is 1. The van der Waals surface area contributed by atoms with Crippen LogP contribution in [0.2, 0.25) is 0 Å². The molecule has 27 heavy (non-hydrogen) atoms. The number of aromatic nitrogens is 2. The molecule has 1 amide bonds. The van der Waals surface area contributed by atoms with E-state index in [0.29, 0.717) is 16.3 Å². The molecule has 8 heteroatoms. The largest absolute Gasteiger partial charge is 0.448 e. The predicted octanol–water partition coefficient (Wildman–Crippen LogP) is 4.90. The van der Waals surface area contributed by atoms with E-state index in [1.807, 2.05) is 40.2 Å². The summed E-state index contributed by atoms with van der Waals surface area (Å²) in [4.78, 5) is 19.7. The zero-order valence-corrected chi connectivity index (χ0v) is 15.9. The maximum absolute atomic E-state index is 12.7. The van der Waals surface area contributed by atoms with Crippen LogP contribution >= 0.6 is 22.7 Å². The first-order chi connectivity index (χ1) is 13.2. The van der Waals surface area contributed by atoms with E-state index >= 15 is 0 Å². The molecule has 4 heterocycles. The van der Waals surface area contributed by atoms with Crippen molar-refractivity contribution in [2.24, 2.45) is 0 Å². The number of anilines is 1. The quantitative estimate of drug-likeness (QED) is 0.522. The predicted molar refractivity (Wildman–Crippen MR) is 105 cm³/mol. The molecule has 1 aliphatic carbocycles. The van der Waals surface area contributed by atoms with Crippen LogP contribution in [0.4, 0.5) is 5.69 Å². The number of ether oxygens (including phenoxy) is 2. The average Bonchev–Trinajstić information content (AvgIpc) is 3.41. The molecule has 4 aromatic rings. The van der Waals surface area contributed by atoms with E-state index in [-0.39, 0.29) is 5.91 Å². The molecule has 0 radical (unpaired) electrons. The second-order valence-electron chi connectivity index (χ2n) is 6.91. The third kappa shape index (κ3) is 2.36. The first-order valence-corrected chi connectivity index (χ1v) is 10.6. The minimum Gasteiger partial charge on any atom is -0.448 e. The lowest BCUT2D eigenvalue weighted by atomic mass is 10.2. The third-order valence-corrected chi connectivity index (χ3v) is 6.90. The van der Waals surface area contributed by atoms with E-state index in [4.69, 9.17) is 9.47 Å². The van der Waals surface area contributed by atoms with Gasteiger partial charge in [0.1, 0.15) is 4.83 Å². The maximum Gasteiger partial charge on any atom is 0.265 e. The molecule has 1 aromatic carbocycles. The lowest BCUT2D eigenvalue weighted by Crippen LogP contribution is -2.34. The van der Waals surface area contributed by atoms with E-state index in [9.17, 15) is 4.79 Å². The Morgan fingerprint density at radius 2 is 2.04 bits per heavy atom. The van der Waals surface area contributed by atoms with Gasteiger partial charge in [0.25, 0.3) is 11.7 Å². The molecular formula is C19H15N3O3S2. The molecule has 136 valence electrons. The second-order valence-corrected chi connectivity index (χ2v) is 8.81. The van der Waals surface area contributed by atoms with Crippen molar-refractivity contribution in [1.82, 2.24) is 9.38 Å². The van der Waals surface area contributed by atoms with Crippen LogP contribution in [-0.4, -0.2) is 21.1 Å². The molecular weight excluding hydrogens is 382 g/mol. The molecule has 3 aromatic heterocycles. The van der Waals surface area contributed by atoms with Crippen LogP contribution in [0.1, 0.15) is 35.4 Å². The average molecular weight is 397 g/mol. The summed E-state index contributed by atoms with van der Waals surface area (Å²) in [6.45, 7) is 0. The summed E-state index contributed by atoms with van der Waals surface area (Å²) in [5.41, 5.74) is 1.67. The van der Waals surface area contributed by atoms with Crippen molar-refractivity contribution >= 4 is 49.6 Å². The molecule has 1 spiro atoms. The van der Waals surface area contributed by atoms with Gasteiger partial charge in [-0.1, -0.05) is 0 Å². The van der Waals surface area contributed by atoms with Gasteiger partial charge in [0.2, 0.25) is 0 Å². The third-order valence-electron chi connectivity index (χ3n) is 5.12. The fourth-order valence-corrected chi connectivity index (χ4v) is 5.54. The number of carbonyl (C=O) groups is 1. The van der Waals surface area contributed by atoms with Gasteiger partial charge in [-0.2, -0.15) is 0 Å². The fourth-order valence-electron chi connectivity index (χ4n) is 3.84. The normalized spacial score (nSPS) is 17.3. The van der Waals surface area contributed by atoms with Crippen molar-refractivity contribution in [1.29, 1.82) is 0 Å². The maximum atomic E-state index is 12.7. The highest BCUT2D eigenvalue weighted by Crippen LogP contribution is 2.47. The lowest BCUT2D eigenvalue weighted by Gasteiger charge is -2.21. The van der Waals surface area contributed by atoms with Gasteiger partial charge in [0, 0.05) is 36.2 Å². The monoisotopic (exact) mass is 397 g/mol. The molecule has 0 saturated heterocycles. The molecule has 1 fully saturated rings. The molecule has 1 aliphatic heterocycles. The van der Waals surface area contributed by atoms with E-state index in [1.165, 1.54) is 11.3 Å². The minimum atomic E-state index is -0.490. The number of rotatable bonds is 2. The van der Waals surface area contributed by atoms with Crippen molar-refractivity contribution in [3.05, 3.63) is 40.7 Å². The molecule has 6 rings (SSSR count). The van der Waals surface area contributed by atoms with E-state index < -0.39 is 5.79 Å². The van der Waals surface area contributed by atoms with Crippen LogP contribution in [0.5, 0.6) is 11.5 Å². The van der Waals surface area contributed by atoms with Crippen molar-refractivity contribution in [3.63, 3.8) is 0 Å². The minimum absolute atomic E-state index is 0.142. The summed E-state index contributed by atoms with van der Waals surface area (Å²) in [7, 11) is 0. The topological polar surface area (TPSA) is 64.9 Å². The first kappa shape index (κ1) is 15.5. The summed E-state index contributed by atoms with van der Waals surface area (Å²) < 4.78 is 14.1. The number of benzene rings is 1. The highest BCUT2D eigenvalue weighted by Gasteiger charge is 2.44. The van der Waals surface area contributed by atoms with E-state index in [1.54, 1.807) is 11.3 Å². The van der Waals surface area contributed by atoms with Gasteiger partial charge < -0.3 is 14.8 Å². The van der Waals surface area contributed by atoms with Crippen LogP contribution in [0, 0.1) is 0 Å². The fraction of sp³-hybridized carbons (Fsp3) is 0.263. The number of fused-ring (bicyclic) bond motifs is 4. The van der Waals surface area contributed by atoms with Crippen LogP contribution in [0.15, 0.2) is 35.8 Å². The Hall–Kier alpha value is -2.58. The second kappa shape index (κ2) is 5.46. The van der Waals surface area contributed by atoms with Gasteiger partial charge in [0.05, 0.1) is 10.4 Å². The van der Waals surface area contributed by atoms with E-state index in [2.05, 4.69) is 10.3 Å². The van der Waals surface area contributed by atoms with Crippen LogP contribution in [0.3, 0.4) is 0 Å². The molecule has 1 saturated carbocycles. The van der Waals surface area contributed by atoms with Gasteiger partial charge in [0.15, 0.2) is 16.5 Å². The lowest BCUT2D eigenvalue weighted by molar-refractivity contribution is -0.0716. The summed E-state index contributed by atoms with van der Waals surface area (Å²) in [6, 6.07) is 7.46. The highest BCUT2D eigenvalue weighted by molar-refractivity contribution is 7.21. The highest BCUT2D eigenvalue weighted by atomic mass is 32.1. The van der Waals surface area contributed by atoms with E-state index in [0.717, 1.165) is 46.7 Å². The van der Waals surface area contributed by atoms with Gasteiger partial charge in [-0.3, -0.25) is 9.20 Å². The smallest absolute Gasteiger partial charge is 0.265 e. The first-order valence-electron chi connectivity index (χ1n) is 8.88. The number of amides is 1. The van der Waals surface area contributed by atoms with Gasteiger partial charge in [-0.05, 0) is 31.0 Å². The Morgan fingerprint density at radius 3 is 2.93 bits per heavy atom. The van der Waals surface area contributed by atoms with Gasteiger partial charge in [-0.15, -0.1) is 22.7 Å². The van der Waals surface area contributed by atoms with Gasteiger partial charge >= 0.3 is 0 Å². The Bertz CT molecular complexity index is 1200. The van der Waals surface area contributed by atoms with Crippen molar-refractivity contribution < 1.29 is 14.3 Å². The SMILES string of the molecule is O=C(Nc1ccc2c(c1)OC1(CCCC1)O2)c1cc2c(nc3sccn32)s1. The number of thiophene rings is 1. The number of nitrogens with zero attached hydrogens (tertiary/aromatic N) is 2. The Balaban J connectivity index is 1.26.